The summed E-state index contributed by atoms with van der Waals surface area (Å²) in [6, 6.07) is 11.5. The van der Waals surface area contributed by atoms with Gasteiger partial charge in [0.2, 0.25) is 23.6 Å². The Bertz CT molecular complexity index is 1840. The summed E-state index contributed by atoms with van der Waals surface area (Å²) in [5, 5.41) is 24.0. The number of carboxylic acid groups (broad SMARTS) is 1. The summed E-state index contributed by atoms with van der Waals surface area (Å²) < 4.78 is 5.93. The van der Waals surface area contributed by atoms with E-state index in [-0.39, 0.29) is 18.9 Å². The number of anilines is 1. The van der Waals surface area contributed by atoms with Crippen LogP contribution in [-0.4, -0.2) is 113 Å². The number of rotatable bonds is 21. The monoisotopic (exact) mass is 796 g/mol. The number of aliphatic carboxylic acids is 1. The van der Waals surface area contributed by atoms with Crippen LogP contribution in [0.25, 0.3) is 10.2 Å². The van der Waals surface area contributed by atoms with Crippen LogP contribution in [0.1, 0.15) is 56.0 Å². The van der Waals surface area contributed by atoms with Crippen LogP contribution in [0.15, 0.2) is 53.5 Å². The van der Waals surface area contributed by atoms with E-state index in [1.54, 1.807) is 30.3 Å². The molecule has 6 N–H and O–H groups in total. The summed E-state index contributed by atoms with van der Waals surface area (Å²) >= 11 is 2.66. The number of amides is 5. The maximum Gasteiger partial charge on any atom is 0.407 e. The number of benzene rings is 2. The van der Waals surface area contributed by atoms with Crippen molar-refractivity contribution in [3.05, 3.63) is 59.1 Å². The number of nitrogens with zero attached hydrogens (tertiary/aromatic N) is 3. The van der Waals surface area contributed by atoms with Crippen molar-refractivity contribution in [1.29, 1.82) is 0 Å². The number of thiazole rings is 1. The van der Waals surface area contributed by atoms with Crippen molar-refractivity contribution in [3.63, 3.8) is 0 Å². The molecule has 0 saturated carbocycles. The zero-order valence-electron chi connectivity index (χ0n) is 31.1. The number of aromatic nitrogens is 1. The summed E-state index contributed by atoms with van der Waals surface area (Å²) in [7, 11) is 3.88. The number of nitrogens with one attached hydrogen (secondary N) is 5. The van der Waals surface area contributed by atoms with Gasteiger partial charge in [-0.05, 0) is 82.9 Å². The molecule has 4 rings (SSSR count). The predicted octanol–water partition coefficient (Wildman–Crippen LogP) is 3.12. The highest BCUT2D eigenvalue weighted by Gasteiger charge is 2.28. The molecule has 1 aromatic heterocycles. The lowest BCUT2D eigenvalue weighted by molar-refractivity contribution is -0.137. The lowest BCUT2D eigenvalue weighted by Crippen LogP contribution is -2.53. The van der Waals surface area contributed by atoms with Crippen LogP contribution in [-0.2, 0) is 35.3 Å². The maximum atomic E-state index is 13.8. The van der Waals surface area contributed by atoms with Gasteiger partial charge in [0, 0.05) is 24.9 Å². The van der Waals surface area contributed by atoms with Crippen molar-refractivity contribution in [2.24, 2.45) is 4.99 Å². The SMILES string of the molecule is CC(=O)NCCCCC(NC(=O)C(CCCCN(C)C)NC(=O)CNC(=O)OCc1ccccc1)C(=O)Nc1ccc2nc(C3=NC(C(=O)O)CS3)sc2c1. The van der Waals surface area contributed by atoms with Crippen LogP contribution in [0.2, 0.25) is 0 Å². The first-order valence-corrected chi connectivity index (χ1v) is 19.8. The zero-order chi connectivity index (χ0) is 39.7. The third-order valence-corrected chi connectivity index (χ3v) is 10.5. The molecule has 2 aromatic carbocycles. The fourth-order valence-electron chi connectivity index (χ4n) is 5.44. The summed E-state index contributed by atoms with van der Waals surface area (Å²) in [6.07, 6.45) is 2.20. The number of ether oxygens (including phenoxy) is 1. The van der Waals surface area contributed by atoms with Gasteiger partial charge < -0.3 is 41.3 Å². The average Bonchev–Trinajstić information content (AvgIpc) is 3.82. The van der Waals surface area contributed by atoms with Crippen molar-refractivity contribution in [1.82, 2.24) is 31.2 Å². The highest BCUT2D eigenvalue weighted by Crippen LogP contribution is 2.31. The molecule has 1 aliphatic heterocycles. The second-order valence-electron chi connectivity index (χ2n) is 13.2. The topological polar surface area (TPSA) is 221 Å². The Morgan fingerprint density at radius 2 is 1.65 bits per heavy atom. The smallest absolute Gasteiger partial charge is 0.407 e. The van der Waals surface area contributed by atoms with E-state index in [1.807, 2.05) is 37.2 Å². The Kier molecular flexibility index (Phi) is 16.9. The quantitative estimate of drug-likeness (QED) is 0.0861. The third kappa shape index (κ3) is 14.6. The van der Waals surface area contributed by atoms with Crippen LogP contribution < -0.4 is 26.6 Å². The van der Waals surface area contributed by atoms with Gasteiger partial charge >= 0.3 is 12.1 Å². The highest BCUT2D eigenvalue weighted by molar-refractivity contribution is 8.15. The Hall–Kier alpha value is -5.07. The van der Waals surface area contributed by atoms with E-state index in [0.29, 0.717) is 59.2 Å². The van der Waals surface area contributed by atoms with Gasteiger partial charge in [-0.25, -0.2) is 14.6 Å². The van der Waals surface area contributed by atoms with Gasteiger partial charge in [-0.3, -0.25) is 24.2 Å². The molecule has 16 nitrogen and oxygen atoms in total. The van der Waals surface area contributed by atoms with E-state index in [2.05, 4.69) is 36.6 Å². The van der Waals surface area contributed by atoms with Gasteiger partial charge in [0.05, 0.1) is 10.2 Å². The fourth-order valence-corrected chi connectivity index (χ4v) is 7.54. The molecule has 0 saturated heterocycles. The number of unbranched alkanes of at least 4 members (excludes halogenated alkanes) is 2. The Morgan fingerprint density at radius 3 is 2.35 bits per heavy atom. The van der Waals surface area contributed by atoms with Crippen LogP contribution in [0.4, 0.5) is 10.5 Å². The first-order valence-electron chi connectivity index (χ1n) is 18.0. The van der Waals surface area contributed by atoms with Crippen LogP contribution in [0, 0.1) is 0 Å². The van der Waals surface area contributed by atoms with Gasteiger partial charge in [-0.2, -0.15) is 0 Å². The molecule has 0 aliphatic carbocycles. The second-order valence-corrected chi connectivity index (χ2v) is 15.2. The molecule has 0 fully saturated rings. The number of thioether (sulfide) groups is 1. The number of fused-ring (bicyclic) bond motifs is 1. The molecule has 2 heterocycles. The molecule has 1 aliphatic rings. The van der Waals surface area contributed by atoms with E-state index in [4.69, 9.17) is 4.74 Å². The van der Waals surface area contributed by atoms with E-state index < -0.39 is 54.5 Å². The first kappa shape index (κ1) is 42.7. The van der Waals surface area contributed by atoms with E-state index in [1.165, 1.54) is 30.0 Å². The van der Waals surface area contributed by atoms with Crippen molar-refractivity contribution >= 4 is 79.7 Å². The van der Waals surface area contributed by atoms with E-state index >= 15 is 0 Å². The number of hydrogen-bond acceptors (Lipinski definition) is 12. The lowest BCUT2D eigenvalue weighted by atomic mass is 10.0. The maximum absolute atomic E-state index is 13.8. The van der Waals surface area contributed by atoms with Gasteiger partial charge in [-0.15, -0.1) is 23.1 Å². The summed E-state index contributed by atoms with van der Waals surface area (Å²) in [5.74, 6) is -2.45. The predicted molar refractivity (Wildman–Crippen MR) is 212 cm³/mol. The fraction of sp³-hybridized carbons (Fsp3) is 0.459. The Balaban J connectivity index is 1.42. The van der Waals surface area contributed by atoms with Crippen molar-refractivity contribution in [2.45, 2.75) is 70.2 Å². The second kappa shape index (κ2) is 21.7. The standard InChI is InChI=1S/C37H48N8O8S2/c1-23(46)38-17-9-7-13-28(32(48)40-25-15-16-26-30(19-25)55-35(43-26)34-44-29(22-54-34)36(50)51)42-33(49)27(14-8-10-18-45(2)3)41-31(47)20-39-37(52)53-21-24-11-5-4-6-12-24/h4-6,11-12,15-16,19,27-29H,7-10,13-14,17-18,20-22H2,1-3H3,(H,38,46)(H,39,52)(H,40,48)(H,41,47)(H,42,49)(H,50,51). The Labute approximate surface area is 327 Å². The number of carbonyl (C=O) groups excluding carboxylic acids is 5. The normalized spacial score (nSPS) is 14.8. The minimum absolute atomic E-state index is 0.0302. The minimum Gasteiger partial charge on any atom is -0.480 e. The Morgan fingerprint density at radius 1 is 0.927 bits per heavy atom. The van der Waals surface area contributed by atoms with Crippen LogP contribution in [0.5, 0.6) is 0 Å². The van der Waals surface area contributed by atoms with Crippen molar-refractivity contribution in [3.8, 4) is 0 Å². The molecule has 0 radical (unpaired) electrons. The minimum atomic E-state index is -0.990. The summed E-state index contributed by atoms with van der Waals surface area (Å²) in [5.41, 5.74) is 1.91. The number of aliphatic imine (C=N–C) groups is 1. The molecule has 296 valence electrons. The molecule has 0 bridgehead atoms. The number of carbonyl (C=O) groups is 6. The third-order valence-electron chi connectivity index (χ3n) is 8.31. The summed E-state index contributed by atoms with van der Waals surface area (Å²) in [4.78, 5) is 86.3. The van der Waals surface area contributed by atoms with Crippen molar-refractivity contribution in [2.75, 3.05) is 44.8 Å². The molecule has 55 heavy (non-hydrogen) atoms. The molecule has 5 amide bonds. The number of hydrogen-bond donors (Lipinski definition) is 6. The van der Waals surface area contributed by atoms with E-state index in [9.17, 15) is 33.9 Å². The highest BCUT2D eigenvalue weighted by atomic mass is 32.2. The van der Waals surface area contributed by atoms with Gasteiger partial charge in [0.1, 0.15) is 35.3 Å². The largest absolute Gasteiger partial charge is 0.480 e. The summed E-state index contributed by atoms with van der Waals surface area (Å²) in [6.45, 7) is 2.21. The molecule has 18 heteroatoms. The first-order chi connectivity index (χ1) is 26.4. The lowest BCUT2D eigenvalue weighted by Gasteiger charge is -2.24. The van der Waals surface area contributed by atoms with Crippen LogP contribution >= 0.6 is 23.1 Å². The molecule has 0 spiro atoms. The van der Waals surface area contributed by atoms with Gasteiger partial charge in [0.25, 0.3) is 0 Å². The van der Waals surface area contributed by atoms with Gasteiger partial charge in [0.15, 0.2) is 6.04 Å². The van der Waals surface area contributed by atoms with Crippen molar-refractivity contribution < 1.29 is 38.6 Å². The molecular formula is C37H48N8O8S2. The number of carboxylic acids is 1. The molecule has 3 atom stereocenters. The van der Waals surface area contributed by atoms with Gasteiger partial charge in [-0.1, -0.05) is 30.3 Å². The zero-order valence-corrected chi connectivity index (χ0v) is 32.7. The molecule has 3 aromatic rings. The molecular weight excluding hydrogens is 749 g/mol. The van der Waals surface area contributed by atoms with Crippen LogP contribution in [0.3, 0.4) is 0 Å². The van der Waals surface area contributed by atoms with E-state index in [0.717, 1.165) is 23.2 Å². The molecule has 3 unspecified atom stereocenters. The number of alkyl carbamates (subject to hydrolysis) is 1. The average molecular weight is 797 g/mol.